The van der Waals surface area contributed by atoms with Crippen LogP contribution in [0.1, 0.15) is 23.5 Å². The van der Waals surface area contributed by atoms with Gasteiger partial charge in [-0.1, -0.05) is 6.07 Å². The highest BCUT2D eigenvalue weighted by Crippen LogP contribution is 2.34. The summed E-state index contributed by atoms with van der Waals surface area (Å²) in [5.41, 5.74) is 1.87. The summed E-state index contributed by atoms with van der Waals surface area (Å²) in [4.78, 5) is 23.8. The molecule has 25 heavy (non-hydrogen) atoms. The second-order valence-electron chi connectivity index (χ2n) is 5.46. The Morgan fingerprint density at radius 2 is 1.92 bits per heavy atom. The molecule has 0 amide bonds. The second-order valence-corrected chi connectivity index (χ2v) is 5.46. The minimum Gasteiger partial charge on any atom is -0.497 e. The molecule has 1 aliphatic rings. The van der Waals surface area contributed by atoms with Gasteiger partial charge in [0.15, 0.2) is 6.29 Å². The second kappa shape index (κ2) is 8.64. The van der Waals surface area contributed by atoms with Gasteiger partial charge in [-0.2, -0.15) is 0 Å². The summed E-state index contributed by atoms with van der Waals surface area (Å²) < 4.78 is 26.0. The average molecular weight is 350 g/mol. The minimum absolute atomic E-state index is 0.000494. The van der Waals surface area contributed by atoms with Gasteiger partial charge in [-0.3, -0.25) is 4.79 Å². The molecule has 0 spiro atoms. The molecular formula is C18H22O7. The topological polar surface area (TPSA) is 80.3 Å². The van der Waals surface area contributed by atoms with Gasteiger partial charge in [-0.15, -0.1) is 0 Å². The highest BCUT2D eigenvalue weighted by Gasteiger charge is 2.31. The Hall–Kier alpha value is -2.38. The normalized spacial score (nSPS) is 21.8. The van der Waals surface area contributed by atoms with E-state index in [2.05, 4.69) is 0 Å². The first-order chi connectivity index (χ1) is 12.0. The Kier molecular flexibility index (Phi) is 6.55. The van der Waals surface area contributed by atoms with Crippen molar-refractivity contribution in [3.63, 3.8) is 0 Å². The number of carbonyl (C=O) groups excluding carboxylic acids is 2. The minimum atomic E-state index is -0.723. The van der Waals surface area contributed by atoms with Crippen molar-refractivity contribution in [3.05, 3.63) is 34.9 Å². The standard InChI is InChI=1S/C18H22O7/c1-21-13-5-6-14-11(8-13)7-12(17(20)23-3)10-25-18(24-4)15(14)9-16(19)22-2/h5-8,15,18H,9-10H2,1-4H3/b12-7+. The first-order valence-corrected chi connectivity index (χ1v) is 7.72. The summed E-state index contributed by atoms with van der Waals surface area (Å²) in [5.74, 6) is -0.634. The van der Waals surface area contributed by atoms with E-state index in [0.29, 0.717) is 11.3 Å². The lowest BCUT2D eigenvalue weighted by Gasteiger charge is -2.29. The molecule has 1 aromatic rings. The highest BCUT2D eigenvalue weighted by atomic mass is 16.7. The summed E-state index contributed by atoms with van der Waals surface area (Å²) in [6.07, 6.45) is 1.04. The number of rotatable bonds is 5. The SMILES string of the molecule is COC(=O)CC1c2ccc(OC)cc2/C=C(/C(=O)OC)COC1OC. The van der Waals surface area contributed by atoms with Crippen LogP contribution in [0.2, 0.25) is 0 Å². The van der Waals surface area contributed by atoms with E-state index in [1.165, 1.54) is 21.3 Å². The van der Waals surface area contributed by atoms with E-state index in [9.17, 15) is 9.59 Å². The summed E-state index contributed by atoms with van der Waals surface area (Å²) in [5, 5.41) is 0. The summed E-state index contributed by atoms with van der Waals surface area (Å²) in [6, 6.07) is 5.40. The number of hydrogen-bond donors (Lipinski definition) is 0. The summed E-state index contributed by atoms with van der Waals surface area (Å²) in [7, 11) is 5.68. The van der Waals surface area contributed by atoms with E-state index in [1.807, 2.05) is 6.07 Å². The molecule has 1 aliphatic heterocycles. The van der Waals surface area contributed by atoms with E-state index in [0.717, 1.165) is 11.1 Å². The van der Waals surface area contributed by atoms with Crippen molar-refractivity contribution < 1.29 is 33.3 Å². The Bertz CT molecular complexity index is 665. The molecule has 2 unspecified atom stereocenters. The molecule has 0 fully saturated rings. The predicted molar refractivity (Wildman–Crippen MR) is 89.1 cm³/mol. The molecule has 136 valence electrons. The van der Waals surface area contributed by atoms with Gasteiger partial charge in [0.2, 0.25) is 0 Å². The van der Waals surface area contributed by atoms with Crippen LogP contribution in [-0.2, 0) is 28.5 Å². The lowest BCUT2D eigenvalue weighted by atomic mass is 9.89. The molecule has 7 heteroatoms. The third-order valence-electron chi connectivity index (χ3n) is 4.05. The molecule has 7 nitrogen and oxygen atoms in total. The Labute approximate surface area is 146 Å². The molecular weight excluding hydrogens is 328 g/mol. The highest BCUT2D eigenvalue weighted by molar-refractivity contribution is 5.94. The lowest BCUT2D eigenvalue weighted by Crippen LogP contribution is -2.30. The van der Waals surface area contributed by atoms with E-state index in [4.69, 9.17) is 23.7 Å². The van der Waals surface area contributed by atoms with Crippen molar-refractivity contribution in [3.8, 4) is 5.75 Å². The van der Waals surface area contributed by atoms with Crippen molar-refractivity contribution in [1.82, 2.24) is 0 Å². The van der Waals surface area contributed by atoms with Crippen LogP contribution >= 0.6 is 0 Å². The van der Waals surface area contributed by atoms with Crippen molar-refractivity contribution in [2.24, 2.45) is 0 Å². The maximum Gasteiger partial charge on any atom is 0.336 e. The largest absolute Gasteiger partial charge is 0.497 e. The van der Waals surface area contributed by atoms with Crippen molar-refractivity contribution in [1.29, 1.82) is 0 Å². The first-order valence-electron chi connectivity index (χ1n) is 7.72. The number of fused-ring (bicyclic) bond motifs is 1. The third-order valence-corrected chi connectivity index (χ3v) is 4.05. The molecule has 0 saturated carbocycles. The quantitative estimate of drug-likeness (QED) is 0.750. The number of methoxy groups -OCH3 is 4. The van der Waals surface area contributed by atoms with Gasteiger partial charge in [0.05, 0.1) is 39.9 Å². The van der Waals surface area contributed by atoms with Crippen LogP contribution in [0.4, 0.5) is 0 Å². The molecule has 1 heterocycles. The van der Waals surface area contributed by atoms with Crippen molar-refractivity contribution in [2.75, 3.05) is 35.0 Å². The maximum absolute atomic E-state index is 12.0. The fourth-order valence-corrected chi connectivity index (χ4v) is 2.76. The predicted octanol–water partition coefficient (Wildman–Crippen LogP) is 1.90. The van der Waals surface area contributed by atoms with Crippen LogP contribution in [0.3, 0.4) is 0 Å². The summed E-state index contributed by atoms with van der Waals surface area (Å²) in [6.45, 7) is -0.000494. The number of hydrogen-bond acceptors (Lipinski definition) is 7. The van der Waals surface area contributed by atoms with Gasteiger partial charge in [0, 0.05) is 13.0 Å². The van der Waals surface area contributed by atoms with Crippen LogP contribution in [0, 0.1) is 0 Å². The maximum atomic E-state index is 12.0. The molecule has 2 rings (SSSR count). The van der Waals surface area contributed by atoms with Gasteiger partial charge in [-0.05, 0) is 29.3 Å². The van der Waals surface area contributed by atoms with Crippen LogP contribution in [0.5, 0.6) is 5.75 Å². The van der Waals surface area contributed by atoms with Crippen LogP contribution in [0.15, 0.2) is 23.8 Å². The molecule has 1 aromatic carbocycles. The Balaban J connectivity index is 2.57. The van der Waals surface area contributed by atoms with Crippen LogP contribution in [-0.4, -0.2) is 53.3 Å². The van der Waals surface area contributed by atoms with Crippen LogP contribution < -0.4 is 4.74 Å². The van der Waals surface area contributed by atoms with Gasteiger partial charge in [0.25, 0.3) is 0 Å². The van der Waals surface area contributed by atoms with E-state index in [-0.39, 0.29) is 19.0 Å². The molecule has 2 atom stereocenters. The third kappa shape index (κ3) is 4.37. The molecule has 0 bridgehead atoms. The number of esters is 2. The monoisotopic (exact) mass is 350 g/mol. The van der Waals surface area contributed by atoms with Gasteiger partial charge in [-0.25, -0.2) is 4.79 Å². The first kappa shape index (κ1) is 19.0. The van der Waals surface area contributed by atoms with Crippen molar-refractivity contribution in [2.45, 2.75) is 18.6 Å². The average Bonchev–Trinajstić information content (AvgIpc) is 2.63. The molecule has 0 radical (unpaired) electrons. The van der Waals surface area contributed by atoms with Gasteiger partial charge in [0.1, 0.15) is 5.75 Å². The Morgan fingerprint density at radius 3 is 2.52 bits per heavy atom. The van der Waals surface area contributed by atoms with E-state index >= 15 is 0 Å². The fourth-order valence-electron chi connectivity index (χ4n) is 2.76. The number of benzene rings is 1. The molecule has 0 saturated heterocycles. The zero-order valence-electron chi connectivity index (χ0n) is 14.7. The van der Waals surface area contributed by atoms with Crippen molar-refractivity contribution >= 4 is 18.0 Å². The van der Waals surface area contributed by atoms with Gasteiger partial charge >= 0.3 is 11.9 Å². The zero-order chi connectivity index (χ0) is 18.4. The smallest absolute Gasteiger partial charge is 0.336 e. The lowest BCUT2D eigenvalue weighted by molar-refractivity contribution is -0.155. The number of carbonyl (C=O) groups is 2. The molecule has 0 aromatic heterocycles. The van der Waals surface area contributed by atoms with Gasteiger partial charge < -0.3 is 23.7 Å². The van der Waals surface area contributed by atoms with E-state index in [1.54, 1.807) is 25.3 Å². The molecule has 0 N–H and O–H groups in total. The summed E-state index contributed by atoms with van der Waals surface area (Å²) >= 11 is 0. The fraction of sp³-hybridized carbons (Fsp3) is 0.444. The van der Waals surface area contributed by atoms with Crippen LogP contribution in [0.25, 0.3) is 6.08 Å². The van der Waals surface area contributed by atoms with E-state index < -0.39 is 18.2 Å². The Morgan fingerprint density at radius 1 is 1.16 bits per heavy atom. The number of ether oxygens (including phenoxy) is 5. The zero-order valence-corrected chi connectivity index (χ0v) is 14.7. The molecule has 0 aliphatic carbocycles.